The molecular formula is C24H18ClF3. The number of rotatable bonds is 4. The highest BCUT2D eigenvalue weighted by Crippen LogP contribution is 2.34. The molecule has 0 heterocycles. The molecule has 0 aromatic heterocycles. The minimum atomic E-state index is -0.908. The first-order valence-electron chi connectivity index (χ1n) is 9.27. The van der Waals surface area contributed by atoms with Crippen LogP contribution in [-0.2, 0) is 6.42 Å². The number of benzene rings is 4. The summed E-state index contributed by atoms with van der Waals surface area (Å²) in [4.78, 5) is 0. The van der Waals surface area contributed by atoms with Crippen LogP contribution in [0.25, 0.3) is 32.7 Å². The number of aryl methyl sites for hydroxylation is 1. The summed E-state index contributed by atoms with van der Waals surface area (Å²) < 4.78 is 42.5. The van der Waals surface area contributed by atoms with Crippen molar-refractivity contribution in [3.8, 4) is 11.1 Å². The summed E-state index contributed by atoms with van der Waals surface area (Å²) in [6, 6.07) is 15.3. The van der Waals surface area contributed by atoms with Crippen LogP contribution in [0.2, 0.25) is 5.02 Å². The highest BCUT2D eigenvalue weighted by atomic mass is 35.5. The van der Waals surface area contributed by atoms with Gasteiger partial charge in [-0.1, -0.05) is 55.3 Å². The molecule has 0 N–H and O–H groups in total. The zero-order chi connectivity index (χ0) is 19.8. The van der Waals surface area contributed by atoms with Gasteiger partial charge in [0.05, 0.1) is 0 Å². The van der Waals surface area contributed by atoms with E-state index in [0.717, 1.165) is 52.9 Å². The maximum atomic E-state index is 14.9. The van der Waals surface area contributed by atoms with Crippen molar-refractivity contribution in [2.75, 3.05) is 0 Å². The predicted octanol–water partition coefficient (Wildman–Crippen LogP) is 8.07. The molecule has 0 aliphatic heterocycles. The number of halogens is 4. The molecule has 4 aromatic rings. The lowest BCUT2D eigenvalue weighted by Crippen LogP contribution is -1.91. The average molecular weight is 399 g/mol. The molecule has 0 saturated heterocycles. The molecule has 0 radical (unpaired) electrons. The van der Waals surface area contributed by atoms with Crippen LogP contribution in [-0.4, -0.2) is 0 Å². The van der Waals surface area contributed by atoms with Gasteiger partial charge in [0.2, 0.25) is 0 Å². The first-order chi connectivity index (χ1) is 13.5. The number of hydrogen-bond donors (Lipinski definition) is 0. The number of unbranched alkanes of at least 4 members (excludes halogenated alkanes) is 1. The minimum Gasteiger partial charge on any atom is -0.206 e. The molecule has 0 amide bonds. The zero-order valence-corrected chi connectivity index (χ0v) is 16.1. The van der Waals surface area contributed by atoms with E-state index in [0.29, 0.717) is 0 Å². The second-order valence-corrected chi connectivity index (χ2v) is 7.41. The van der Waals surface area contributed by atoms with Crippen molar-refractivity contribution >= 4 is 33.1 Å². The van der Waals surface area contributed by atoms with Crippen LogP contribution in [0.4, 0.5) is 13.2 Å². The van der Waals surface area contributed by atoms with E-state index in [1.54, 1.807) is 6.07 Å². The summed E-state index contributed by atoms with van der Waals surface area (Å²) in [5.74, 6) is -2.35. The van der Waals surface area contributed by atoms with E-state index < -0.39 is 22.5 Å². The minimum absolute atomic E-state index is 0.119. The Bertz CT molecular complexity index is 1170. The lowest BCUT2D eigenvalue weighted by Gasteiger charge is -2.11. The van der Waals surface area contributed by atoms with Crippen LogP contribution in [0.1, 0.15) is 25.3 Å². The van der Waals surface area contributed by atoms with Crippen LogP contribution < -0.4 is 0 Å². The highest BCUT2D eigenvalue weighted by molar-refractivity contribution is 6.31. The Morgan fingerprint density at radius 2 is 1.43 bits per heavy atom. The van der Waals surface area contributed by atoms with Gasteiger partial charge in [0, 0.05) is 5.56 Å². The summed E-state index contributed by atoms with van der Waals surface area (Å²) in [6.45, 7) is 2.16. The number of fused-ring (bicyclic) bond motifs is 3. The Morgan fingerprint density at radius 1 is 0.750 bits per heavy atom. The number of hydrogen-bond acceptors (Lipinski definition) is 0. The van der Waals surface area contributed by atoms with Gasteiger partial charge in [-0.3, -0.25) is 0 Å². The van der Waals surface area contributed by atoms with E-state index in [1.165, 1.54) is 11.6 Å². The Labute approximate surface area is 166 Å². The van der Waals surface area contributed by atoms with Gasteiger partial charge < -0.3 is 0 Å². The normalized spacial score (nSPS) is 11.5. The Hall–Kier alpha value is -2.52. The molecule has 0 aliphatic carbocycles. The molecule has 28 heavy (non-hydrogen) atoms. The molecule has 0 aliphatic rings. The summed E-state index contributed by atoms with van der Waals surface area (Å²) >= 11 is 5.54. The third-order valence-electron chi connectivity index (χ3n) is 5.10. The molecule has 0 nitrogen and oxygen atoms in total. The zero-order valence-electron chi connectivity index (χ0n) is 15.3. The fourth-order valence-electron chi connectivity index (χ4n) is 3.60. The van der Waals surface area contributed by atoms with Gasteiger partial charge in [0.1, 0.15) is 22.5 Å². The molecule has 4 rings (SSSR count). The van der Waals surface area contributed by atoms with Crippen LogP contribution in [0, 0.1) is 17.5 Å². The molecule has 4 aromatic carbocycles. The van der Waals surface area contributed by atoms with Crippen LogP contribution >= 0.6 is 11.6 Å². The molecule has 142 valence electrons. The first kappa shape index (κ1) is 18.8. The second-order valence-electron chi connectivity index (χ2n) is 7.03. The van der Waals surface area contributed by atoms with E-state index >= 15 is 0 Å². The third kappa shape index (κ3) is 3.35. The smallest absolute Gasteiger partial charge is 0.145 e. The molecule has 0 saturated carbocycles. The average Bonchev–Trinajstić information content (AvgIpc) is 2.69. The monoisotopic (exact) mass is 398 g/mol. The largest absolute Gasteiger partial charge is 0.206 e. The van der Waals surface area contributed by atoms with Crippen molar-refractivity contribution in [2.45, 2.75) is 26.2 Å². The summed E-state index contributed by atoms with van der Waals surface area (Å²) in [5, 5.41) is 3.00. The van der Waals surface area contributed by atoms with Gasteiger partial charge in [-0.05, 0) is 69.8 Å². The molecule has 0 unspecified atom stereocenters. The topological polar surface area (TPSA) is 0 Å². The molecule has 0 fully saturated rings. The first-order valence-corrected chi connectivity index (χ1v) is 9.65. The Balaban J connectivity index is 1.86. The van der Waals surface area contributed by atoms with Gasteiger partial charge in [-0.15, -0.1) is 0 Å². The van der Waals surface area contributed by atoms with Crippen molar-refractivity contribution in [1.82, 2.24) is 0 Å². The van der Waals surface area contributed by atoms with Crippen LogP contribution in [0.5, 0.6) is 0 Å². The maximum Gasteiger partial charge on any atom is 0.145 e. The van der Waals surface area contributed by atoms with Crippen molar-refractivity contribution in [3.05, 3.63) is 82.6 Å². The van der Waals surface area contributed by atoms with Crippen molar-refractivity contribution in [3.63, 3.8) is 0 Å². The van der Waals surface area contributed by atoms with Gasteiger partial charge in [-0.2, -0.15) is 0 Å². The Morgan fingerprint density at radius 3 is 2.11 bits per heavy atom. The van der Waals surface area contributed by atoms with Gasteiger partial charge in [-0.25, -0.2) is 13.2 Å². The molecule has 0 spiro atoms. The second kappa shape index (κ2) is 7.48. The van der Waals surface area contributed by atoms with Crippen molar-refractivity contribution in [2.24, 2.45) is 0 Å². The maximum absolute atomic E-state index is 14.9. The molecule has 0 bridgehead atoms. The lowest BCUT2D eigenvalue weighted by atomic mass is 9.95. The third-order valence-corrected chi connectivity index (χ3v) is 5.46. The van der Waals surface area contributed by atoms with E-state index in [4.69, 9.17) is 11.6 Å². The quantitative estimate of drug-likeness (QED) is 0.241. The fourth-order valence-corrected chi connectivity index (χ4v) is 3.71. The van der Waals surface area contributed by atoms with E-state index in [9.17, 15) is 13.2 Å². The molecule has 0 atom stereocenters. The standard InChI is InChI=1S/C24H18ClF3/c1-2-3-4-14-5-8-18-15(9-14)6-7-16-10-20(21(26)13-19(16)18)17-11-22(27)24(25)23(28)12-17/h5-13H,2-4H2,1H3. The summed E-state index contributed by atoms with van der Waals surface area (Å²) in [5.41, 5.74) is 1.52. The molecular weight excluding hydrogens is 381 g/mol. The van der Waals surface area contributed by atoms with E-state index in [-0.39, 0.29) is 11.1 Å². The van der Waals surface area contributed by atoms with E-state index in [2.05, 4.69) is 19.1 Å². The van der Waals surface area contributed by atoms with Gasteiger partial charge in [0.15, 0.2) is 0 Å². The molecule has 4 heteroatoms. The van der Waals surface area contributed by atoms with E-state index in [1.807, 2.05) is 18.2 Å². The van der Waals surface area contributed by atoms with Crippen molar-refractivity contribution in [1.29, 1.82) is 0 Å². The summed E-state index contributed by atoms with van der Waals surface area (Å²) in [7, 11) is 0. The van der Waals surface area contributed by atoms with Gasteiger partial charge in [0.25, 0.3) is 0 Å². The van der Waals surface area contributed by atoms with Gasteiger partial charge >= 0.3 is 0 Å². The van der Waals surface area contributed by atoms with Crippen molar-refractivity contribution < 1.29 is 13.2 Å². The predicted molar refractivity (Wildman–Crippen MR) is 110 cm³/mol. The Kier molecular flexibility index (Phi) is 5.03. The fraction of sp³-hybridized carbons (Fsp3) is 0.167. The van der Waals surface area contributed by atoms with Crippen LogP contribution in [0.15, 0.2) is 54.6 Å². The SMILES string of the molecule is CCCCc1ccc2c(ccc3cc(-c4cc(F)c(Cl)c(F)c4)c(F)cc32)c1. The van der Waals surface area contributed by atoms with Crippen LogP contribution in [0.3, 0.4) is 0 Å². The highest BCUT2D eigenvalue weighted by Gasteiger charge is 2.14. The summed E-state index contributed by atoms with van der Waals surface area (Å²) in [6.07, 6.45) is 3.28. The lowest BCUT2D eigenvalue weighted by molar-refractivity contribution is 0.584.